The zero-order valence-electron chi connectivity index (χ0n) is 1.84. The van der Waals surface area contributed by atoms with Crippen LogP contribution >= 0.6 is 0 Å². The van der Waals surface area contributed by atoms with Gasteiger partial charge in [0.05, 0.1) is 0 Å². The van der Waals surface area contributed by atoms with Crippen molar-refractivity contribution in [3.05, 3.63) is 16.0 Å². The maximum atomic E-state index is 6.75. The Morgan fingerprint density at radius 3 is 1.25 bits per heavy atom. The predicted octanol–water partition coefficient (Wildman–Crippen LogP) is 0.864. The Labute approximate surface area is 42.5 Å². The Balaban J connectivity index is 0. The van der Waals surface area contributed by atoms with Gasteiger partial charge in [-0.25, -0.2) is 0 Å². The van der Waals surface area contributed by atoms with Crippen molar-refractivity contribution < 1.29 is 26.2 Å². The first-order valence-electron chi connectivity index (χ1n) is 0.400. The van der Waals surface area contributed by atoms with Gasteiger partial charge in [0.25, 0.3) is 0 Å². The van der Waals surface area contributed by atoms with Gasteiger partial charge < -0.3 is 11.1 Å². The van der Waals surface area contributed by atoms with E-state index in [2.05, 4.69) is 0 Å². The summed E-state index contributed by atoms with van der Waals surface area (Å²) in [4.78, 5) is 1.50. The van der Waals surface area contributed by atoms with E-state index in [4.69, 9.17) is 11.1 Å². The summed E-state index contributed by atoms with van der Waals surface area (Å²) in [6.07, 6.45) is 0. The molecule has 0 saturated heterocycles. The third kappa shape index (κ3) is 83.7. The Bertz CT molecular complexity index is 24.3. The van der Waals surface area contributed by atoms with Crippen LogP contribution in [-0.2, 0) is 26.2 Å². The fourth-order valence-corrected chi connectivity index (χ4v) is 0. The summed E-state index contributed by atoms with van der Waals surface area (Å²) in [5.74, 6) is 0. The molecular weight excluding hydrogens is 133 g/mol. The van der Waals surface area contributed by atoms with Crippen LogP contribution in [0.15, 0.2) is 0 Å². The molecule has 0 aliphatic rings. The van der Waals surface area contributed by atoms with Gasteiger partial charge in [-0.3, -0.25) is 4.91 Å². The van der Waals surface area contributed by atoms with E-state index in [1.807, 2.05) is 0 Å². The van der Waals surface area contributed by atoms with Crippen molar-refractivity contribution in [3.8, 4) is 0 Å². The smallest absolute Gasteiger partial charge is 0 e. The Hall–Kier alpha value is 0.193. The maximum absolute atomic E-state index is 6.75. The van der Waals surface area contributed by atoms with Gasteiger partial charge in [-0.2, -0.15) is 0 Å². The Morgan fingerprint density at radius 2 is 1.25 bits per heavy atom. The van der Waals surface area contributed by atoms with E-state index in [0.717, 1.165) is 0 Å². The molecular formula is N3Zr-. The second kappa shape index (κ2) is 10.8. The van der Waals surface area contributed by atoms with Crippen molar-refractivity contribution in [2.45, 2.75) is 0 Å². The molecule has 0 amide bonds. The van der Waals surface area contributed by atoms with Crippen molar-refractivity contribution in [1.29, 1.82) is 0 Å². The molecule has 0 atom stereocenters. The van der Waals surface area contributed by atoms with Gasteiger partial charge in [-0.05, 0) is 0 Å². The maximum Gasteiger partial charge on any atom is 0 e. The minimum absolute atomic E-state index is 0. The van der Waals surface area contributed by atoms with E-state index in [1.165, 1.54) is 4.91 Å². The molecule has 0 aromatic heterocycles. The molecule has 0 N–H and O–H groups in total. The van der Waals surface area contributed by atoms with Gasteiger partial charge in [0.15, 0.2) is 0 Å². The monoisotopic (exact) mass is 132 g/mol. The van der Waals surface area contributed by atoms with E-state index < -0.39 is 0 Å². The number of hydrogen-bond donors (Lipinski definition) is 0. The Morgan fingerprint density at radius 1 is 1.25 bits per heavy atom. The van der Waals surface area contributed by atoms with Crippen LogP contribution in [0.5, 0.6) is 0 Å². The minimum Gasteiger partial charge on any atom is -0.373 e. The molecule has 0 fully saturated rings. The van der Waals surface area contributed by atoms with Crippen molar-refractivity contribution >= 4 is 0 Å². The summed E-state index contributed by atoms with van der Waals surface area (Å²) in [5, 5.41) is 0. The molecule has 0 aromatic rings. The first kappa shape index (κ1) is 8.89. The minimum atomic E-state index is 0. The van der Waals surface area contributed by atoms with E-state index in [1.54, 1.807) is 0 Å². The van der Waals surface area contributed by atoms with Crippen LogP contribution in [0.4, 0.5) is 0 Å². The van der Waals surface area contributed by atoms with E-state index in [9.17, 15) is 0 Å². The van der Waals surface area contributed by atoms with Crippen LogP contribution in [0.25, 0.3) is 16.0 Å². The zero-order chi connectivity index (χ0) is 2.71. The molecule has 0 radical (unpaired) electrons. The molecule has 3 nitrogen and oxygen atoms in total. The first-order valence-corrected chi connectivity index (χ1v) is 0.400. The fourth-order valence-electron chi connectivity index (χ4n) is 0. The van der Waals surface area contributed by atoms with E-state index in [0.29, 0.717) is 0 Å². The molecule has 0 rings (SSSR count). The van der Waals surface area contributed by atoms with Gasteiger partial charge >= 0.3 is 0 Å². The van der Waals surface area contributed by atoms with Crippen LogP contribution in [0, 0.1) is 0 Å². The van der Waals surface area contributed by atoms with Crippen molar-refractivity contribution in [1.82, 2.24) is 0 Å². The van der Waals surface area contributed by atoms with E-state index >= 15 is 0 Å². The standard InChI is InChI=1S/N3.Zr/c1-3-2;/q-1;. The number of hydrogen-bond acceptors (Lipinski definition) is 0. The second-order valence-electron chi connectivity index (χ2n) is 0.0894. The third-order valence-electron chi connectivity index (χ3n) is 0. The SMILES string of the molecule is [N-]=[N+]=[N-].[Zr]. The average molecular weight is 133 g/mol. The van der Waals surface area contributed by atoms with Gasteiger partial charge in [-0.1, -0.05) is 0 Å². The molecule has 0 aromatic carbocycles. The van der Waals surface area contributed by atoms with Gasteiger partial charge in [0, 0.05) is 26.2 Å². The molecule has 0 bridgehead atoms. The average Bonchev–Trinajstić information content (AvgIpc) is 0.918. The molecule has 0 aliphatic heterocycles. The van der Waals surface area contributed by atoms with Crippen LogP contribution in [-0.4, -0.2) is 0 Å². The van der Waals surface area contributed by atoms with Crippen molar-refractivity contribution in [3.63, 3.8) is 0 Å². The topological polar surface area (TPSA) is 58.7 Å². The third-order valence-corrected chi connectivity index (χ3v) is 0. The van der Waals surface area contributed by atoms with Gasteiger partial charge in [0.2, 0.25) is 0 Å². The van der Waals surface area contributed by atoms with Crippen LogP contribution < -0.4 is 0 Å². The molecule has 0 unspecified atom stereocenters. The molecule has 4 heavy (non-hydrogen) atoms. The second-order valence-corrected chi connectivity index (χ2v) is 0.0894. The van der Waals surface area contributed by atoms with E-state index in [-0.39, 0.29) is 26.2 Å². The molecule has 20 valence electrons. The van der Waals surface area contributed by atoms with Crippen molar-refractivity contribution in [2.75, 3.05) is 0 Å². The zero-order valence-corrected chi connectivity index (χ0v) is 4.30. The molecule has 4 heteroatoms. The Kier molecular flexibility index (Phi) is 24.0. The quantitative estimate of drug-likeness (QED) is 0.267. The molecule has 0 aliphatic carbocycles. The summed E-state index contributed by atoms with van der Waals surface area (Å²) >= 11 is 0. The summed E-state index contributed by atoms with van der Waals surface area (Å²) in [7, 11) is 0. The number of rotatable bonds is 0. The number of nitrogens with zero attached hydrogens (tertiary/aromatic N) is 3. The molecule has 0 heterocycles. The van der Waals surface area contributed by atoms with Crippen LogP contribution in [0.2, 0.25) is 0 Å². The van der Waals surface area contributed by atoms with Crippen molar-refractivity contribution in [2.24, 2.45) is 0 Å². The van der Waals surface area contributed by atoms with Crippen LogP contribution in [0.1, 0.15) is 0 Å². The largest absolute Gasteiger partial charge is 0.373 e. The molecule has 0 spiro atoms. The fraction of sp³-hybridized carbons (Fsp3) is 0. The first-order chi connectivity index (χ1) is 1.41. The van der Waals surface area contributed by atoms with Crippen LogP contribution in [0.3, 0.4) is 0 Å². The predicted molar refractivity (Wildman–Crippen MR) is 10.1 cm³/mol. The summed E-state index contributed by atoms with van der Waals surface area (Å²) < 4.78 is 0. The molecule has 0 saturated carbocycles. The summed E-state index contributed by atoms with van der Waals surface area (Å²) in [6.45, 7) is 0. The summed E-state index contributed by atoms with van der Waals surface area (Å²) in [6, 6.07) is 0. The van der Waals surface area contributed by atoms with Gasteiger partial charge in [0.1, 0.15) is 0 Å². The normalized spacial score (nSPS) is 2.00. The summed E-state index contributed by atoms with van der Waals surface area (Å²) in [5.41, 5.74) is 13.5. The van der Waals surface area contributed by atoms with Gasteiger partial charge in [-0.15, -0.1) is 0 Å².